The van der Waals surface area contributed by atoms with Gasteiger partial charge in [0.2, 0.25) is 17.6 Å². The second-order valence-corrected chi connectivity index (χ2v) is 6.40. The first-order valence-corrected chi connectivity index (χ1v) is 8.24. The Kier molecular flexibility index (Phi) is 4.16. The lowest BCUT2D eigenvalue weighted by molar-refractivity contribution is -0.117. The quantitative estimate of drug-likeness (QED) is 0.688. The molecule has 8 heteroatoms. The van der Waals surface area contributed by atoms with Crippen molar-refractivity contribution < 1.29 is 18.1 Å². The van der Waals surface area contributed by atoms with Crippen molar-refractivity contribution in [3.8, 4) is 11.4 Å². The lowest BCUT2D eigenvalue weighted by atomic mass is 10.1. The number of hydrogen-bond acceptors (Lipinski definition) is 4. The normalized spacial score (nSPS) is 17.1. The van der Waals surface area contributed by atoms with Gasteiger partial charge in [0.25, 0.3) is 0 Å². The Morgan fingerprint density at radius 1 is 1.15 bits per heavy atom. The zero-order valence-corrected chi connectivity index (χ0v) is 14.1. The van der Waals surface area contributed by atoms with Gasteiger partial charge in [-0.15, -0.1) is 0 Å². The molecule has 1 aliphatic heterocycles. The fourth-order valence-corrected chi connectivity index (χ4v) is 3.04. The van der Waals surface area contributed by atoms with Gasteiger partial charge in [-0.2, -0.15) is 4.98 Å². The second kappa shape index (κ2) is 6.49. The van der Waals surface area contributed by atoms with Crippen molar-refractivity contribution in [2.75, 3.05) is 11.4 Å². The average molecular weight is 376 g/mol. The molecule has 3 aromatic rings. The molecule has 0 N–H and O–H groups in total. The summed E-state index contributed by atoms with van der Waals surface area (Å²) in [5.74, 6) is -1.33. The van der Waals surface area contributed by atoms with Gasteiger partial charge in [0, 0.05) is 29.6 Å². The van der Waals surface area contributed by atoms with Crippen LogP contribution >= 0.6 is 11.6 Å². The minimum absolute atomic E-state index is 0.0816. The lowest BCUT2D eigenvalue weighted by Crippen LogP contribution is -2.25. The summed E-state index contributed by atoms with van der Waals surface area (Å²) in [6.45, 7) is 0.140. The third-order valence-electron chi connectivity index (χ3n) is 4.22. The largest absolute Gasteiger partial charge is 0.339 e. The summed E-state index contributed by atoms with van der Waals surface area (Å²) in [6, 6.07) is 9.93. The van der Waals surface area contributed by atoms with Crippen LogP contribution in [0.5, 0.6) is 0 Å². The molecular formula is C18H12ClF2N3O2. The standard InChI is InChI=1S/C18H12ClF2N3O2/c19-12-3-1-10(2-4-12)17-22-18(26-23-17)11-7-16(25)24(9-11)15-8-13(20)5-6-14(15)21/h1-6,8,11H,7,9H2. The molecule has 5 nitrogen and oxygen atoms in total. The molecule has 1 saturated heterocycles. The zero-order valence-electron chi connectivity index (χ0n) is 13.3. The fraction of sp³-hybridized carbons (Fsp3) is 0.167. The molecule has 1 unspecified atom stereocenters. The summed E-state index contributed by atoms with van der Waals surface area (Å²) in [5, 5.41) is 4.51. The molecule has 1 fully saturated rings. The van der Waals surface area contributed by atoms with Crippen molar-refractivity contribution in [1.29, 1.82) is 0 Å². The minimum Gasteiger partial charge on any atom is -0.339 e. The van der Waals surface area contributed by atoms with Crippen LogP contribution in [0.15, 0.2) is 47.0 Å². The van der Waals surface area contributed by atoms with E-state index in [4.69, 9.17) is 16.1 Å². The number of halogens is 3. The Labute approximate surface area is 152 Å². The molecule has 1 aliphatic rings. The number of anilines is 1. The van der Waals surface area contributed by atoms with Crippen molar-refractivity contribution in [3.63, 3.8) is 0 Å². The number of carbonyl (C=O) groups excluding carboxylic acids is 1. The van der Waals surface area contributed by atoms with Gasteiger partial charge < -0.3 is 9.42 Å². The van der Waals surface area contributed by atoms with E-state index in [1.165, 1.54) is 4.90 Å². The molecular weight excluding hydrogens is 364 g/mol. The first kappa shape index (κ1) is 16.7. The van der Waals surface area contributed by atoms with Gasteiger partial charge in [0.1, 0.15) is 11.6 Å². The van der Waals surface area contributed by atoms with E-state index in [-0.39, 0.29) is 30.5 Å². The first-order valence-electron chi connectivity index (χ1n) is 7.86. The third kappa shape index (κ3) is 3.06. The second-order valence-electron chi connectivity index (χ2n) is 5.96. The first-order chi connectivity index (χ1) is 12.5. The van der Waals surface area contributed by atoms with Crippen molar-refractivity contribution >= 4 is 23.2 Å². The SMILES string of the molecule is O=C1CC(c2nc(-c3ccc(Cl)cc3)no2)CN1c1cc(F)ccc1F. The number of amides is 1. The summed E-state index contributed by atoms with van der Waals surface area (Å²) < 4.78 is 32.7. The van der Waals surface area contributed by atoms with Crippen LogP contribution in [0.1, 0.15) is 18.2 Å². The Morgan fingerprint density at radius 2 is 1.92 bits per heavy atom. The fourth-order valence-electron chi connectivity index (χ4n) is 2.92. The molecule has 0 radical (unpaired) electrons. The highest BCUT2D eigenvalue weighted by Crippen LogP contribution is 2.33. The van der Waals surface area contributed by atoms with Crippen molar-refractivity contribution in [2.24, 2.45) is 0 Å². The summed E-state index contributed by atoms with van der Waals surface area (Å²) >= 11 is 5.86. The maximum atomic E-state index is 14.0. The van der Waals surface area contributed by atoms with Crippen molar-refractivity contribution in [1.82, 2.24) is 10.1 Å². The average Bonchev–Trinajstić information content (AvgIpc) is 3.25. The molecule has 1 atom stereocenters. The Balaban J connectivity index is 1.58. The van der Waals surface area contributed by atoms with E-state index >= 15 is 0 Å². The van der Waals surface area contributed by atoms with Gasteiger partial charge >= 0.3 is 0 Å². The Morgan fingerprint density at radius 3 is 2.69 bits per heavy atom. The van der Waals surface area contributed by atoms with Gasteiger partial charge in [-0.1, -0.05) is 16.8 Å². The zero-order chi connectivity index (χ0) is 18.3. The highest BCUT2D eigenvalue weighted by Gasteiger charge is 2.36. The minimum atomic E-state index is -0.659. The predicted octanol–water partition coefficient (Wildman–Crippen LogP) is 4.19. The third-order valence-corrected chi connectivity index (χ3v) is 4.47. The highest BCUT2D eigenvalue weighted by atomic mass is 35.5. The van der Waals surface area contributed by atoms with Gasteiger partial charge in [-0.05, 0) is 36.4 Å². The van der Waals surface area contributed by atoms with E-state index < -0.39 is 17.6 Å². The van der Waals surface area contributed by atoms with Crippen LogP contribution in [0.2, 0.25) is 5.02 Å². The number of benzene rings is 2. The molecule has 132 valence electrons. The van der Waals surface area contributed by atoms with Crippen molar-refractivity contribution in [3.05, 3.63) is 65.0 Å². The van der Waals surface area contributed by atoms with E-state index in [1.807, 2.05) is 0 Å². The smallest absolute Gasteiger partial charge is 0.232 e. The Bertz CT molecular complexity index is 975. The molecule has 1 amide bonds. The van der Waals surface area contributed by atoms with Crippen LogP contribution in [-0.4, -0.2) is 22.6 Å². The van der Waals surface area contributed by atoms with Crippen LogP contribution in [0.3, 0.4) is 0 Å². The van der Waals surface area contributed by atoms with Crippen LogP contribution in [0, 0.1) is 11.6 Å². The Hall–Kier alpha value is -2.80. The molecule has 0 bridgehead atoms. The molecule has 0 spiro atoms. The van der Waals surface area contributed by atoms with Gasteiger partial charge in [0.15, 0.2) is 0 Å². The van der Waals surface area contributed by atoms with Gasteiger partial charge in [0.05, 0.1) is 11.6 Å². The highest BCUT2D eigenvalue weighted by molar-refractivity contribution is 6.30. The van der Waals surface area contributed by atoms with Crippen LogP contribution < -0.4 is 4.90 Å². The molecule has 1 aromatic heterocycles. The van der Waals surface area contributed by atoms with E-state index in [9.17, 15) is 13.6 Å². The van der Waals surface area contributed by atoms with Gasteiger partial charge in [-0.3, -0.25) is 4.79 Å². The molecule has 4 rings (SSSR count). The van der Waals surface area contributed by atoms with Crippen LogP contribution in [0.25, 0.3) is 11.4 Å². The topological polar surface area (TPSA) is 59.2 Å². The van der Waals surface area contributed by atoms with E-state index in [1.54, 1.807) is 24.3 Å². The summed E-state index contributed by atoms with van der Waals surface area (Å²) in [4.78, 5) is 17.8. The summed E-state index contributed by atoms with van der Waals surface area (Å²) in [5.41, 5.74) is 0.636. The van der Waals surface area contributed by atoms with E-state index in [0.29, 0.717) is 10.8 Å². The predicted molar refractivity (Wildman–Crippen MR) is 90.8 cm³/mol. The van der Waals surface area contributed by atoms with Crippen LogP contribution in [-0.2, 0) is 4.79 Å². The van der Waals surface area contributed by atoms with Crippen molar-refractivity contribution in [2.45, 2.75) is 12.3 Å². The summed E-state index contributed by atoms with van der Waals surface area (Å²) in [7, 11) is 0. The summed E-state index contributed by atoms with van der Waals surface area (Å²) in [6.07, 6.45) is 0.0816. The number of hydrogen-bond donors (Lipinski definition) is 0. The molecule has 26 heavy (non-hydrogen) atoms. The lowest BCUT2D eigenvalue weighted by Gasteiger charge is -2.16. The molecule has 2 aromatic carbocycles. The number of carbonyl (C=O) groups is 1. The van der Waals surface area contributed by atoms with Gasteiger partial charge in [-0.25, -0.2) is 8.78 Å². The monoisotopic (exact) mass is 375 g/mol. The molecule has 0 saturated carbocycles. The van der Waals surface area contributed by atoms with E-state index in [2.05, 4.69) is 10.1 Å². The number of aromatic nitrogens is 2. The maximum Gasteiger partial charge on any atom is 0.232 e. The maximum absolute atomic E-state index is 14.0. The number of nitrogens with zero attached hydrogens (tertiary/aromatic N) is 3. The number of rotatable bonds is 3. The van der Waals surface area contributed by atoms with Crippen LogP contribution in [0.4, 0.5) is 14.5 Å². The molecule has 0 aliphatic carbocycles. The van der Waals surface area contributed by atoms with E-state index in [0.717, 1.165) is 23.8 Å². The molecule has 2 heterocycles.